The molecular formula is C17H18N4O. The molecule has 0 radical (unpaired) electrons. The SMILES string of the molecule is NCCCO/N=C(\c1ccccc1)c1cc2ccncc2[nH]1. The number of hydrogen-bond donors (Lipinski definition) is 2. The van der Waals surface area contributed by atoms with Crippen LogP contribution in [0.1, 0.15) is 17.7 Å². The van der Waals surface area contributed by atoms with Crippen molar-refractivity contribution in [3.8, 4) is 0 Å². The van der Waals surface area contributed by atoms with Crippen molar-refractivity contribution in [2.24, 2.45) is 10.9 Å². The molecule has 0 saturated carbocycles. The van der Waals surface area contributed by atoms with Gasteiger partial charge in [-0.1, -0.05) is 35.5 Å². The van der Waals surface area contributed by atoms with Crippen molar-refractivity contribution in [3.63, 3.8) is 0 Å². The van der Waals surface area contributed by atoms with Gasteiger partial charge in [-0.15, -0.1) is 0 Å². The Morgan fingerprint density at radius 1 is 1.23 bits per heavy atom. The fourth-order valence-corrected chi connectivity index (χ4v) is 2.21. The average Bonchev–Trinajstić information content (AvgIpc) is 2.99. The second-order valence-corrected chi connectivity index (χ2v) is 4.93. The van der Waals surface area contributed by atoms with E-state index in [1.807, 2.05) is 36.4 Å². The molecule has 22 heavy (non-hydrogen) atoms. The average molecular weight is 294 g/mol. The first-order valence-corrected chi connectivity index (χ1v) is 7.27. The molecule has 0 amide bonds. The topological polar surface area (TPSA) is 76.3 Å². The van der Waals surface area contributed by atoms with Crippen molar-refractivity contribution < 1.29 is 4.84 Å². The van der Waals surface area contributed by atoms with Crippen LogP contribution in [-0.2, 0) is 4.84 Å². The van der Waals surface area contributed by atoms with Crippen LogP contribution in [0.2, 0.25) is 0 Å². The van der Waals surface area contributed by atoms with E-state index in [0.717, 1.165) is 34.3 Å². The number of oxime groups is 1. The molecule has 0 unspecified atom stereocenters. The molecule has 3 rings (SSSR count). The van der Waals surface area contributed by atoms with Crippen molar-refractivity contribution in [2.45, 2.75) is 6.42 Å². The quantitative estimate of drug-likeness (QED) is 0.417. The zero-order valence-electron chi connectivity index (χ0n) is 12.2. The molecule has 0 spiro atoms. The van der Waals surface area contributed by atoms with E-state index in [2.05, 4.69) is 21.2 Å². The van der Waals surface area contributed by atoms with Crippen LogP contribution in [0.15, 0.2) is 60.0 Å². The molecule has 0 fully saturated rings. The maximum absolute atomic E-state index is 5.48. The Balaban J connectivity index is 1.97. The highest BCUT2D eigenvalue weighted by Crippen LogP contribution is 2.17. The first kappa shape index (κ1) is 14.3. The molecule has 0 aliphatic heterocycles. The van der Waals surface area contributed by atoms with Gasteiger partial charge in [-0.2, -0.15) is 0 Å². The summed E-state index contributed by atoms with van der Waals surface area (Å²) in [6, 6.07) is 14.0. The highest BCUT2D eigenvalue weighted by atomic mass is 16.6. The molecule has 5 heteroatoms. The molecule has 1 aromatic carbocycles. The van der Waals surface area contributed by atoms with E-state index >= 15 is 0 Å². The van der Waals surface area contributed by atoms with Gasteiger partial charge in [-0.3, -0.25) is 4.98 Å². The van der Waals surface area contributed by atoms with E-state index in [4.69, 9.17) is 10.6 Å². The smallest absolute Gasteiger partial charge is 0.133 e. The Hall–Kier alpha value is -2.66. The molecule has 0 saturated heterocycles. The lowest BCUT2D eigenvalue weighted by Crippen LogP contribution is -2.07. The molecule has 3 N–H and O–H groups in total. The summed E-state index contributed by atoms with van der Waals surface area (Å²) in [5.74, 6) is 0. The first-order valence-electron chi connectivity index (χ1n) is 7.27. The molecule has 0 aliphatic carbocycles. The standard InChI is InChI=1S/C17H18N4O/c18-8-4-10-22-21-17(13-5-2-1-3-6-13)15-11-14-7-9-19-12-16(14)20-15/h1-3,5-7,9,11-12,20H,4,8,10,18H2/b21-17+. The van der Waals surface area contributed by atoms with Crippen molar-refractivity contribution in [1.29, 1.82) is 0 Å². The van der Waals surface area contributed by atoms with Crippen molar-refractivity contribution in [1.82, 2.24) is 9.97 Å². The second-order valence-electron chi connectivity index (χ2n) is 4.93. The number of rotatable bonds is 6. The van der Waals surface area contributed by atoms with Gasteiger partial charge >= 0.3 is 0 Å². The minimum atomic E-state index is 0.509. The lowest BCUT2D eigenvalue weighted by atomic mass is 10.1. The summed E-state index contributed by atoms with van der Waals surface area (Å²) in [5.41, 5.74) is 9.12. The van der Waals surface area contributed by atoms with Crippen LogP contribution in [0.5, 0.6) is 0 Å². The maximum atomic E-state index is 5.48. The summed E-state index contributed by atoms with van der Waals surface area (Å²) < 4.78 is 0. The second kappa shape index (κ2) is 6.87. The lowest BCUT2D eigenvalue weighted by molar-refractivity contribution is 0.143. The van der Waals surface area contributed by atoms with Gasteiger partial charge in [0, 0.05) is 17.1 Å². The number of nitrogens with two attached hydrogens (primary N) is 1. The number of H-pyrrole nitrogens is 1. The van der Waals surface area contributed by atoms with Crippen LogP contribution in [0.25, 0.3) is 10.9 Å². The minimum absolute atomic E-state index is 0.509. The van der Waals surface area contributed by atoms with E-state index in [1.54, 1.807) is 12.4 Å². The summed E-state index contributed by atoms with van der Waals surface area (Å²) >= 11 is 0. The molecule has 112 valence electrons. The van der Waals surface area contributed by atoms with Crippen LogP contribution in [-0.4, -0.2) is 28.8 Å². The number of fused-ring (bicyclic) bond motifs is 1. The normalized spacial score (nSPS) is 11.8. The number of nitrogens with zero attached hydrogens (tertiary/aromatic N) is 2. The number of aromatic amines is 1. The molecule has 5 nitrogen and oxygen atoms in total. The van der Waals surface area contributed by atoms with Gasteiger partial charge in [0.2, 0.25) is 0 Å². The van der Waals surface area contributed by atoms with Crippen molar-refractivity contribution in [3.05, 3.63) is 66.1 Å². The number of nitrogens with one attached hydrogen (secondary N) is 1. The third kappa shape index (κ3) is 3.15. The van der Waals surface area contributed by atoms with Crippen molar-refractivity contribution in [2.75, 3.05) is 13.2 Å². The molecule has 0 atom stereocenters. The van der Waals surface area contributed by atoms with Gasteiger partial charge in [0.25, 0.3) is 0 Å². The Labute approximate surface area is 128 Å². The van der Waals surface area contributed by atoms with E-state index in [9.17, 15) is 0 Å². The predicted molar refractivity (Wildman–Crippen MR) is 87.8 cm³/mol. The van der Waals surface area contributed by atoms with Crippen LogP contribution < -0.4 is 5.73 Å². The molecule has 0 aliphatic rings. The van der Waals surface area contributed by atoms with Crippen LogP contribution in [0.3, 0.4) is 0 Å². The van der Waals surface area contributed by atoms with Gasteiger partial charge in [0.15, 0.2) is 0 Å². The van der Waals surface area contributed by atoms with Crippen molar-refractivity contribution >= 4 is 16.6 Å². The summed E-state index contributed by atoms with van der Waals surface area (Å²) in [4.78, 5) is 12.9. The minimum Gasteiger partial charge on any atom is -0.395 e. The largest absolute Gasteiger partial charge is 0.395 e. The predicted octanol–water partition coefficient (Wildman–Crippen LogP) is 2.68. The molecule has 0 bridgehead atoms. The van der Waals surface area contributed by atoms with Crippen LogP contribution >= 0.6 is 0 Å². The third-order valence-corrected chi connectivity index (χ3v) is 3.32. The van der Waals surface area contributed by atoms with E-state index in [0.29, 0.717) is 13.2 Å². The summed E-state index contributed by atoms with van der Waals surface area (Å²) in [7, 11) is 0. The zero-order valence-corrected chi connectivity index (χ0v) is 12.2. The Kier molecular flexibility index (Phi) is 4.46. The highest BCUT2D eigenvalue weighted by molar-refractivity contribution is 6.13. The number of pyridine rings is 1. The Morgan fingerprint density at radius 3 is 2.86 bits per heavy atom. The van der Waals surface area contributed by atoms with Gasteiger partial charge in [-0.05, 0) is 25.1 Å². The summed E-state index contributed by atoms with van der Waals surface area (Å²) in [6.07, 6.45) is 4.36. The first-order chi connectivity index (χ1) is 10.9. The third-order valence-electron chi connectivity index (χ3n) is 3.32. The number of hydrogen-bond acceptors (Lipinski definition) is 4. The summed E-state index contributed by atoms with van der Waals surface area (Å²) in [5, 5.41) is 5.40. The monoisotopic (exact) mass is 294 g/mol. The Bertz CT molecular complexity index is 731. The van der Waals surface area contributed by atoms with Gasteiger partial charge in [0.1, 0.15) is 12.3 Å². The van der Waals surface area contributed by atoms with Gasteiger partial charge < -0.3 is 15.6 Å². The fourth-order valence-electron chi connectivity index (χ4n) is 2.21. The summed E-state index contributed by atoms with van der Waals surface area (Å²) in [6.45, 7) is 1.10. The zero-order chi connectivity index (χ0) is 15.2. The fraction of sp³-hybridized carbons (Fsp3) is 0.176. The maximum Gasteiger partial charge on any atom is 0.133 e. The molecule has 2 aromatic heterocycles. The number of benzene rings is 1. The lowest BCUT2D eigenvalue weighted by Gasteiger charge is -2.05. The number of aromatic nitrogens is 2. The van der Waals surface area contributed by atoms with E-state index < -0.39 is 0 Å². The van der Waals surface area contributed by atoms with Gasteiger partial charge in [-0.25, -0.2) is 0 Å². The Morgan fingerprint density at radius 2 is 2.09 bits per heavy atom. The van der Waals surface area contributed by atoms with Crippen LogP contribution in [0, 0.1) is 0 Å². The van der Waals surface area contributed by atoms with Gasteiger partial charge in [0.05, 0.1) is 17.4 Å². The molecule has 3 aromatic rings. The van der Waals surface area contributed by atoms with Crippen LogP contribution in [0.4, 0.5) is 0 Å². The molecular weight excluding hydrogens is 276 g/mol. The molecule has 2 heterocycles. The van der Waals surface area contributed by atoms with E-state index in [1.165, 1.54) is 0 Å². The highest BCUT2D eigenvalue weighted by Gasteiger charge is 2.11. The van der Waals surface area contributed by atoms with E-state index in [-0.39, 0.29) is 0 Å².